The van der Waals surface area contributed by atoms with E-state index in [0.717, 1.165) is 67.5 Å². The second-order valence-corrected chi connectivity index (χ2v) is 6.89. The molecule has 130 valence electrons. The molecule has 1 aliphatic rings. The highest BCUT2D eigenvalue weighted by Gasteiger charge is 2.25. The number of ether oxygens (including phenoxy) is 1. The van der Waals surface area contributed by atoms with Crippen LogP contribution in [-0.4, -0.2) is 53.3 Å². The van der Waals surface area contributed by atoms with Crippen molar-refractivity contribution in [2.45, 2.75) is 32.1 Å². The highest BCUT2D eigenvalue weighted by atomic mass is 32.1. The fourth-order valence-corrected chi connectivity index (χ4v) is 3.51. The van der Waals surface area contributed by atoms with E-state index < -0.39 is 0 Å². The smallest absolute Gasteiger partial charge is 0.168 e. The summed E-state index contributed by atoms with van der Waals surface area (Å²) < 4.78 is 5.07. The Labute approximate surface area is 148 Å². The van der Waals surface area contributed by atoms with Gasteiger partial charge in [0.05, 0.1) is 11.0 Å². The molecule has 0 amide bonds. The molecule has 3 rings (SSSR count). The number of rotatable bonds is 5. The zero-order valence-electron chi connectivity index (χ0n) is 14.5. The zero-order valence-corrected chi connectivity index (χ0v) is 15.3. The monoisotopic (exact) mass is 346 g/mol. The molecule has 0 radical (unpaired) electrons. The Morgan fingerprint density at radius 2 is 2.38 bits per heavy atom. The van der Waals surface area contributed by atoms with Gasteiger partial charge in [-0.3, -0.25) is 0 Å². The Kier molecular flexibility index (Phi) is 5.68. The minimum absolute atomic E-state index is 0.408. The number of methoxy groups -OCH3 is 1. The molecule has 1 saturated heterocycles. The number of fused-ring (bicyclic) bond motifs is 1. The van der Waals surface area contributed by atoms with E-state index in [1.165, 1.54) is 5.56 Å². The van der Waals surface area contributed by atoms with E-state index in [1.807, 2.05) is 0 Å². The van der Waals surface area contributed by atoms with Gasteiger partial charge in [0.2, 0.25) is 0 Å². The number of aromatic nitrogens is 2. The Balaban J connectivity index is 1.62. The van der Waals surface area contributed by atoms with Crippen molar-refractivity contribution < 1.29 is 4.74 Å². The first-order chi connectivity index (χ1) is 11.7. The van der Waals surface area contributed by atoms with Crippen LogP contribution in [0.1, 0.15) is 36.6 Å². The lowest BCUT2D eigenvalue weighted by atomic mass is 9.98. The molecule has 1 atom stereocenters. The van der Waals surface area contributed by atoms with E-state index in [-0.39, 0.29) is 0 Å². The molecule has 5 nitrogen and oxygen atoms in total. The van der Waals surface area contributed by atoms with Gasteiger partial charge in [0.15, 0.2) is 5.11 Å². The molecule has 1 aliphatic heterocycles. The number of benzene rings is 1. The molecule has 1 aromatic carbocycles. The lowest BCUT2D eigenvalue weighted by Gasteiger charge is -2.33. The van der Waals surface area contributed by atoms with Gasteiger partial charge in [-0.15, -0.1) is 0 Å². The van der Waals surface area contributed by atoms with Crippen LogP contribution in [0.25, 0.3) is 11.0 Å². The van der Waals surface area contributed by atoms with Crippen LogP contribution in [0.2, 0.25) is 0 Å². The van der Waals surface area contributed by atoms with Gasteiger partial charge in [0.25, 0.3) is 0 Å². The molecule has 2 N–H and O–H groups in total. The first-order valence-electron chi connectivity index (χ1n) is 8.65. The largest absolute Gasteiger partial charge is 0.385 e. The maximum Gasteiger partial charge on any atom is 0.168 e. The van der Waals surface area contributed by atoms with Gasteiger partial charge in [-0.1, -0.05) is 6.07 Å². The molecule has 6 heteroatoms. The third-order valence-electron chi connectivity index (χ3n) is 4.55. The van der Waals surface area contributed by atoms with Crippen LogP contribution >= 0.6 is 12.2 Å². The number of nitrogens with zero attached hydrogens (tertiary/aromatic N) is 2. The maximum absolute atomic E-state index is 5.55. The summed E-state index contributed by atoms with van der Waals surface area (Å²) in [6, 6.07) is 6.36. The van der Waals surface area contributed by atoms with Crippen LogP contribution in [0.3, 0.4) is 0 Å². The summed E-state index contributed by atoms with van der Waals surface area (Å²) in [4.78, 5) is 10.6. The van der Waals surface area contributed by atoms with Gasteiger partial charge >= 0.3 is 0 Å². The highest BCUT2D eigenvalue weighted by molar-refractivity contribution is 7.80. The summed E-state index contributed by atoms with van der Waals surface area (Å²) in [5, 5.41) is 4.19. The maximum atomic E-state index is 5.55. The quantitative estimate of drug-likeness (QED) is 0.644. The van der Waals surface area contributed by atoms with Crippen LogP contribution in [-0.2, 0) is 4.74 Å². The summed E-state index contributed by atoms with van der Waals surface area (Å²) in [5.74, 6) is 1.49. The van der Waals surface area contributed by atoms with Crippen molar-refractivity contribution in [2.75, 3.05) is 33.4 Å². The Morgan fingerprint density at radius 3 is 3.21 bits per heavy atom. The van der Waals surface area contributed by atoms with Crippen molar-refractivity contribution in [1.29, 1.82) is 0 Å². The number of thiocarbonyl (C=S) groups is 1. The van der Waals surface area contributed by atoms with Crippen molar-refractivity contribution in [1.82, 2.24) is 20.2 Å². The van der Waals surface area contributed by atoms with Crippen LogP contribution in [0.15, 0.2) is 18.2 Å². The molecule has 0 unspecified atom stereocenters. The fraction of sp³-hybridized carbons (Fsp3) is 0.556. The molecule has 2 aromatic rings. The number of piperidine rings is 1. The number of likely N-dealkylation sites (tertiary alicyclic amines) is 1. The summed E-state index contributed by atoms with van der Waals surface area (Å²) in [6.45, 7) is 5.67. The minimum Gasteiger partial charge on any atom is -0.385 e. The average molecular weight is 347 g/mol. The Bertz CT molecular complexity index is 699. The van der Waals surface area contributed by atoms with Crippen molar-refractivity contribution in [3.8, 4) is 0 Å². The number of imidazole rings is 1. The minimum atomic E-state index is 0.408. The number of nitrogens with one attached hydrogen (secondary N) is 2. The fourth-order valence-electron chi connectivity index (χ4n) is 3.24. The van der Waals surface area contributed by atoms with Gasteiger partial charge in [0.1, 0.15) is 5.82 Å². The molecule has 1 fully saturated rings. The van der Waals surface area contributed by atoms with Gasteiger partial charge in [-0.25, -0.2) is 4.98 Å². The third-order valence-corrected chi connectivity index (χ3v) is 4.96. The predicted molar refractivity (Wildman–Crippen MR) is 101 cm³/mol. The van der Waals surface area contributed by atoms with E-state index in [4.69, 9.17) is 21.9 Å². The molecule has 24 heavy (non-hydrogen) atoms. The number of hydrogen-bond donors (Lipinski definition) is 2. The number of aromatic amines is 1. The molecular formula is C18H26N4OS. The normalized spacial score (nSPS) is 18.1. The molecule has 2 heterocycles. The van der Waals surface area contributed by atoms with E-state index in [2.05, 4.69) is 40.3 Å². The number of H-pyrrole nitrogens is 1. The van der Waals surface area contributed by atoms with Gasteiger partial charge in [0, 0.05) is 39.3 Å². The summed E-state index contributed by atoms with van der Waals surface area (Å²) in [6.07, 6.45) is 3.26. The number of aryl methyl sites for hydroxylation is 1. The van der Waals surface area contributed by atoms with Crippen LogP contribution in [0.5, 0.6) is 0 Å². The van der Waals surface area contributed by atoms with E-state index in [0.29, 0.717) is 5.92 Å². The van der Waals surface area contributed by atoms with Gasteiger partial charge in [-0.05, 0) is 56.1 Å². The van der Waals surface area contributed by atoms with Crippen LogP contribution in [0, 0.1) is 6.92 Å². The zero-order chi connectivity index (χ0) is 16.9. The first kappa shape index (κ1) is 17.2. The predicted octanol–water partition coefficient (Wildman–Crippen LogP) is 2.96. The summed E-state index contributed by atoms with van der Waals surface area (Å²) in [5.41, 5.74) is 3.43. The Morgan fingerprint density at radius 1 is 1.50 bits per heavy atom. The molecule has 0 spiro atoms. The highest BCUT2D eigenvalue weighted by Crippen LogP contribution is 2.27. The van der Waals surface area contributed by atoms with Crippen molar-refractivity contribution in [2.24, 2.45) is 0 Å². The van der Waals surface area contributed by atoms with Crippen molar-refractivity contribution in [3.05, 3.63) is 29.6 Å². The van der Waals surface area contributed by atoms with E-state index in [1.54, 1.807) is 7.11 Å². The summed E-state index contributed by atoms with van der Waals surface area (Å²) >= 11 is 5.55. The number of hydrogen-bond acceptors (Lipinski definition) is 3. The molecule has 0 aliphatic carbocycles. The molecule has 1 aromatic heterocycles. The van der Waals surface area contributed by atoms with Crippen molar-refractivity contribution in [3.63, 3.8) is 0 Å². The third kappa shape index (κ3) is 4.05. The van der Waals surface area contributed by atoms with Crippen molar-refractivity contribution >= 4 is 28.4 Å². The summed E-state index contributed by atoms with van der Waals surface area (Å²) in [7, 11) is 1.72. The lowest BCUT2D eigenvalue weighted by molar-refractivity contribution is 0.195. The Hall–Kier alpha value is -1.66. The lowest BCUT2D eigenvalue weighted by Crippen LogP contribution is -2.45. The van der Waals surface area contributed by atoms with E-state index >= 15 is 0 Å². The van der Waals surface area contributed by atoms with Crippen LogP contribution < -0.4 is 5.32 Å². The molecular weight excluding hydrogens is 320 g/mol. The van der Waals surface area contributed by atoms with Gasteiger partial charge in [-0.2, -0.15) is 0 Å². The second-order valence-electron chi connectivity index (χ2n) is 6.51. The first-order valence-corrected chi connectivity index (χ1v) is 9.06. The SMILES string of the molecule is COCCCNC(=S)N1CCC[C@H](c2nc3ccc(C)cc3[nH]2)C1. The van der Waals surface area contributed by atoms with Gasteiger partial charge < -0.3 is 19.9 Å². The van der Waals surface area contributed by atoms with Crippen LogP contribution in [0.4, 0.5) is 0 Å². The standard InChI is InChI=1S/C18H26N4OS/c1-13-6-7-15-16(11-13)21-17(20-15)14-5-3-9-22(12-14)18(24)19-8-4-10-23-2/h6-7,11,14H,3-5,8-10,12H2,1-2H3,(H,19,24)(H,20,21)/t14-/m0/s1. The van der Waals surface area contributed by atoms with E-state index in [9.17, 15) is 0 Å². The average Bonchev–Trinajstić information content (AvgIpc) is 3.02. The molecule has 0 saturated carbocycles. The molecule has 0 bridgehead atoms. The topological polar surface area (TPSA) is 53.2 Å². The second kappa shape index (κ2) is 7.94.